The Morgan fingerprint density at radius 2 is 1.82 bits per heavy atom. The summed E-state index contributed by atoms with van der Waals surface area (Å²) < 4.78 is 1.00. The Morgan fingerprint density at radius 1 is 1.14 bits per heavy atom. The van der Waals surface area contributed by atoms with Crippen molar-refractivity contribution in [1.29, 1.82) is 0 Å². The third kappa shape index (κ3) is 3.45. The van der Waals surface area contributed by atoms with Crippen molar-refractivity contribution in [1.82, 2.24) is 0 Å². The second-order valence-corrected chi connectivity index (χ2v) is 6.37. The maximum Gasteiger partial charge on any atom is 0.338 e. The predicted molar refractivity (Wildman–Crippen MR) is 89.7 cm³/mol. The molecular weight excluding hydrogens is 342 g/mol. The summed E-state index contributed by atoms with van der Waals surface area (Å²) in [5.41, 5.74) is 2.82. The molecule has 0 radical (unpaired) electrons. The zero-order valence-corrected chi connectivity index (χ0v) is 13.8. The summed E-state index contributed by atoms with van der Waals surface area (Å²) in [5, 5.41) is 3.97. The first kappa shape index (κ1) is 15.0. The average molecular weight is 358 g/mol. The van der Waals surface area contributed by atoms with E-state index in [0.29, 0.717) is 5.71 Å². The van der Waals surface area contributed by atoms with E-state index in [4.69, 9.17) is 4.84 Å². The molecule has 0 amide bonds. The van der Waals surface area contributed by atoms with Crippen LogP contribution in [0, 0.1) is 5.92 Å². The monoisotopic (exact) mass is 357 g/mol. The number of carbonyl (C=O) groups is 1. The Hall–Kier alpha value is -1.94. The average Bonchev–Trinajstić information content (AvgIpc) is 3.34. The molecule has 1 saturated carbocycles. The van der Waals surface area contributed by atoms with E-state index in [1.165, 1.54) is 5.56 Å². The summed E-state index contributed by atoms with van der Waals surface area (Å²) in [4.78, 5) is 17.1. The predicted octanol–water partition coefficient (Wildman–Crippen LogP) is 4.52. The summed E-state index contributed by atoms with van der Waals surface area (Å²) in [6.07, 6.45) is 0.843. The van der Waals surface area contributed by atoms with E-state index in [9.17, 15) is 4.79 Å². The molecule has 0 heterocycles. The number of nitrogens with zero attached hydrogens (tertiary/aromatic N) is 1. The van der Waals surface area contributed by atoms with Gasteiger partial charge in [0.25, 0.3) is 0 Å². The van der Waals surface area contributed by atoms with Crippen LogP contribution in [0.1, 0.15) is 30.4 Å². The van der Waals surface area contributed by atoms with Crippen molar-refractivity contribution in [2.24, 2.45) is 11.1 Å². The highest BCUT2D eigenvalue weighted by Gasteiger charge is 2.45. The van der Waals surface area contributed by atoms with Crippen LogP contribution >= 0.6 is 15.9 Å². The lowest BCUT2D eigenvalue weighted by atomic mass is 10.1. The van der Waals surface area contributed by atoms with Crippen molar-refractivity contribution >= 4 is 27.6 Å². The molecule has 22 heavy (non-hydrogen) atoms. The van der Waals surface area contributed by atoms with Crippen LogP contribution in [0.4, 0.5) is 0 Å². The number of halogens is 1. The molecule has 3 rings (SSSR count). The number of benzene rings is 2. The van der Waals surface area contributed by atoms with Crippen LogP contribution in [-0.2, 0) is 9.63 Å². The lowest BCUT2D eigenvalue weighted by molar-refractivity contribution is -0.145. The van der Waals surface area contributed by atoms with Gasteiger partial charge in [-0.25, -0.2) is 4.79 Å². The summed E-state index contributed by atoms with van der Waals surface area (Å²) in [6, 6.07) is 17.8. The molecule has 0 N–H and O–H groups in total. The first-order valence-electron chi connectivity index (χ1n) is 7.21. The Labute approximate surface area is 138 Å². The van der Waals surface area contributed by atoms with Crippen molar-refractivity contribution < 1.29 is 9.63 Å². The van der Waals surface area contributed by atoms with Gasteiger partial charge in [0.1, 0.15) is 0 Å². The van der Waals surface area contributed by atoms with E-state index in [0.717, 1.165) is 16.5 Å². The van der Waals surface area contributed by atoms with Crippen LogP contribution in [0.25, 0.3) is 0 Å². The van der Waals surface area contributed by atoms with Crippen LogP contribution in [-0.4, -0.2) is 11.7 Å². The minimum Gasteiger partial charge on any atom is -0.318 e. The molecule has 1 aliphatic rings. The summed E-state index contributed by atoms with van der Waals surface area (Å²) in [5.74, 6) is -0.0360. The molecule has 1 fully saturated rings. The van der Waals surface area contributed by atoms with E-state index in [1.54, 1.807) is 0 Å². The smallest absolute Gasteiger partial charge is 0.318 e. The molecule has 0 spiro atoms. The van der Waals surface area contributed by atoms with Gasteiger partial charge >= 0.3 is 5.97 Å². The largest absolute Gasteiger partial charge is 0.338 e. The lowest BCUT2D eigenvalue weighted by Crippen LogP contribution is -2.06. The molecule has 4 heteroatoms. The van der Waals surface area contributed by atoms with Gasteiger partial charge in [0.05, 0.1) is 11.6 Å². The fraction of sp³-hybridized carbons (Fsp3) is 0.222. The van der Waals surface area contributed by atoms with E-state index in [2.05, 4.69) is 21.1 Å². The Morgan fingerprint density at radius 3 is 2.50 bits per heavy atom. The van der Waals surface area contributed by atoms with Gasteiger partial charge in [-0.15, -0.1) is 0 Å². The number of rotatable bonds is 4. The summed E-state index contributed by atoms with van der Waals surface area (Å²) >= 11 is 3.39. The maximum atomic E-state index is 12.0. The standard InChI is InChI=1S/C18H16BrNO2/c1-12(13-7-9-15(19)10-8-13)20-22-18(21)17-11-16(17)14-5-3-2-4-6-14/h2-10,16-17H,11H2,1H3. The van der Waals surface area contributed by atoms with Gasteiger partial charge < -0.3 is 4.84 Å². The molecule has 2 unspecified atom stereocenters. The van der Waals surface area contributed by atoms with Crippen molar-refractivity contribution in [3.8, 4) is 0 Å². The van der Waals surface area contributed by atoms with Gasteiger partial charge in [0.2, 0.25) is 0 Å². The van der Waals surface area contributed by atoms with Gasteiger partial charge in [-0.3, -0.25) is 0 Å². The number of hydrogen-bond donors (Lipinski definition) is 0. The van der Waals surface area contributed by atoms with Gasteiger partial charge in [-0.2, -0.15) is 0 Å². The number of hydrogen-bond acceptors (Lipinski definition) is 3. The van der Waals surface area contributed by atoms with E-state index < -0.39 is 0 Å². The van der Waals surface area contributed by atoms with Crippen LogP contribution in [0.15, 0.2) is 64.2 Å². The highest BCUT2D eigenvalue weighted by Crippen LogP contribution is 2.48. The normalized spacial score (nSPS) is 20.5. The molecule has 1 aliphatic carbocycles. The van der Waals surface area contributed by atoms with Gasteiger partial charge in [0.15, 0.2) is 0 Å². The molecule has 2 aromatic rings. The van der Waals surface area contributed by atoms with Crippen LogP contribution in [0.5, 0.6) is 0 Å². The number of carbonyl (C=O) groups excluding carboxylic acids is 1. The third-order valence-electron chi connectivity index (χ3n) is 3.86. The van der Waals surface area contributed by atoms with E-state index >= 15 is 0 Å². The highest BCUT2D eigenvalue weighted by atomic mass is 79.9. The second kappa shape index (κ2) is 6.44. The Kier molecular flexibility index (Phi) is 4.39. The van der Waals surface area contributed by atoms with Crippen LogP contribution in [0.3, 0.4) is 0 Å². The first-order chi connectivity index (χ1) is 10.6. The number of oxime groups is 1. The molecule has 112 valence electrons. The van der Waals surface area contributed by atoms with Crippen LogP contribution < -0.4 is 0 Å². The Balaban J connectivity index is 1.59. The van der Waals surface area contributed by atoms with E-state index in [-0.39, 0.29) is 17.8 Å². The summed E-state index contributed by atoms with van der Waals surface area (Å²) in [7, 11) is 0. The summed E-state index contributed by atoms with van der Waals surface area (Å²) in [6.45, 7) is 1.83. The Bertz CT molecular complexity index is 695. The quantitative estimate of drug-likeness (QED) is 0.458. The van der Waals surface area contributed by atoms with Crippen molar-refractivity contribution in [2.75, 3.05) is 0 Å². The van der Waals surface area contributed by atoms with Crippen molar-refractivity contribution in [2.45, 2.75) is 19.3 Å². The maximum absolute atomic E-state index is 12.0. The van der Waals surface area contributed by atoms with Gasteiger partial charge in [-0.05, 0) is 42.5 Å². The molecular formula is C18H16BrNO2. The molecule has 3 nitrogen and oxygen atoms in total. The zero-order valence-electron chi connectivity index (χ0n) is 12.2. The minimum atomic E-state index is -0.245. The first-order valence-corrected chi connectivity index (χ1v) is 8.01. The topological polar surface area (TPSA) is 38.7 Å². The fourth-order valence-corrected chi connectivity index (χ4v) is 2.71. The van der Waals surface area contributed by atoms with Crippen molar-refractivity contribution in [3.05, 3.63) is 70.2 Å². The van der Waals surface area contributed by atoms with Gasteiger partial charge in [0, 0.05) is 4.47 Å². The minimum absolute atomic E-state index is 0.0659. The molecule has 2 atom stereocenters. The molecule has 0 saturated heterocycles. The lowest BCUT2D eigenvalue weighted by Gasteiger charge is -2.02. The van der Waals surface area contributed by atoms with Crippen LogP contribution in [0.2, 0.25) is 0 Å². The highest BCUT2D eigenvalue weighted by molar-refractivity contribution is 9.10. The molecule has 2 aromatic carbocycles. The molecule has 0 aliphatic heterocycles. The van der Waals surface area contributed by atoms with E-state index in [1.807, 2.05) is 61.5 Å². The fourth-order valence-electron chi connectivity index (χ4n) is 2.45. The van der Waals surface area contributed by atoms with Crippen molar-refractivity contribution in [3.63, 3.8) is 0 Å². The zero-order chi connectivity index (χ0) is 15.5. The SMILES string of the molecule is CC(=NOC(=O)C1CC1c1ccccc1)c1ccc(Br)cc1. The molecule has 0 aromatic heterocycles. The third-order valence-corrected chi connectivity index (χ3v) is 4.38. The van der Waals surface area contributed by atoms with Gasteiger partial charge in [-0.1, -0.05) is 63.6 Å². The second-order valence-electron chi connectivity index (χ2n) is 5.45. The molecule has 0 bridgehead atoms.